The van der Waals surface area contributed by atoms with E-state index in [2.05, 4.69) is 9.97 Å². The molecule has 3 unspecified atom stereocenters. The van der Waals surface area contributed by atoms with Gasteiger partial charge >= 0.3 is 0 Å². The predicted molar refractivity (Wildman–Crippen MR) is 141 cm³/mol. The van der Waals surface area contributed by atoms with Crippen molar-refractivity contribution in [2.45, 2.75) is 24.7 Å². The number of imidazole rings is 1. The van der Waals surface area contributed by atoms with Crippen LogP contribution in [0.2, 0.25) is 5.02 Å². The molecule has 3 atom stereocenters. The Morgan fingerprint density at radius 2 is 1.89 bits per heavy atom. The molecule has 3 aromatic heterocycles. The van der Waals surface area contributed by atoms with Gasteiger partial charge in [0, 0.05) is 30.8 Å². The summed E-state index contributed by atoms with van der Waals surface area (Å²) in [7, 11) is 1.76. The van der Waals surface area contributed by atoms with Crippen LogP contribution in [0.5, 0.6) is 6.01 Å². The largest absolute Gasteiger partial charge is 0.456 e. The van der Waals surface area contributed by atoms with Crippen LogP contribution in [-0.4, -0.2) is 51.0 Å². The second-order valence-electron chi connectivity index (χ2n) is 9.46. The highest BCUT2D eigenvalue weighted by atomic mass is 35.5. The minimum Gasteiger partial charge on any atom is -0.456 e. The minimum absolute atomic E-state index is 0.0151. The molecule has 0 aliphatic carbocycles. The number of H-pyrrole nitrogens is 1. The van der Waals surface area contributed by atoms with Crippen molar-refractivity contribution in [2.24, 2.45) is 7.05 Å². The first-order valence-electron chi connectivity index (χ1n) is 12.2. The monoisotopic (exact) mass is 514 g/mol. The van der Waals surface area contributed by atoms with E-state index in [4.69, 9.17) is 30.8 Å². The van der Waals surface area contributed by atoms with Crippen LogP contribution < -0.4 is 10.3 Å². The number of halogens is 1. The maximum absolute atomic E-state index is 12.6. The van der Waals surface area contributed by atoms with Crippen molar-refractivity contribution >= 4 is 33.5 Å². The number of hydrogen-bond donors (Lipinski definition) is 1. The summed E-state index contributed by atoms with van der Waals surface area (Å²) in [6.45, 7) is 1.16. The summed E-state index contributed by atoms with van der Waals surface area (Å²) < 4.78 is 19.2. The van der Waals surface area contributed by atoms with Crippen LogP contribution in [0.4, 0.5) is 0 Å². The van der Waals surface area contributed by atoms with Crippen molar-refractivity contribution in [3.05, 3.63) is 76.2 Å². The van der Waals surface area contributed by atoms with E-state index in [-0.39, 0.29) is 23.9 Å². The Balaban J connectivity index is 1.19. The van der Waals surface area contributed by atoms with Gasteiger partial charge in [-0.2, -0.15) is 4.98 Å². The first-order valence-corrected chi connectivity index (χ1v) is 12.6. The maximum Gasteiger partial charge on any atom is 0.296 e. The van der Waals surface area contributed by atoms with Crippen molar-refractivity contribution in [2.75, 3.05) is 13.2 Å². The SMILES string of the molecule is Cn1ccc2c(-c3ccc(-c4nc5nc(OC6COC7CCOC76)[nH]c5cc4Cl)cc3)cccc2c1=O. The molecule has 186 valence electrons. The third kappa shape index (κ3) is 3.80. The quantitative estimate of drug-likeness (QED) is 0.373. The van der Waals surface area contributed by atoms with Gasteiger partial charge in [-0.25, -0.2) is 4.98 Å². The van der Waals surface area contributed by atoms with E-state index < -0.39 is 0 Å². The lowest BCUT2D eigenvalue weighted by Crippen LogP contribution is -2.32. The van der Waals surface area contributed by atoms with Gasteiger partial charge in [0.1, 0.15) is 6.10 Å². The summed E-state index contributed by atoms with van der Waals surface area (Å²) in [4.78, 5) is 25.0. The van der Waals surface area contributed by atoms with E-state index in [1.165, 1.54) is 0 Å². The number of nitrogens with zero attached hydrogens (tertiary/aromatic N) is 3. The Morgan fingerprint density at radius 3 is 2.76 bits per heavy atom. The van der Waals surface area contributed by atoms with E-state index in [1.807, 2.05) is 54.6 Å². The zero-order chi connectivity index (χ0) is 25.1. The van der Waals surface area contributed by atoms with Crippen LogP contribution in [0.3, 0.4) is 0 Å². The van der Waals surface area contributed by atoms with E-state index >= 15 is 0 Å². The Morgan fingerprint density at radius 1 is 1.05 bits per heavy atom. The summed E-state index contributed by atoms with van der Waals surface area (Å²) in [5.74, 6) is 0. The van der Waals surface area contributed by atoms with Gasteiger partial charge < -0.3 is 23.8 Å². The number of aromatic nitrogens is 4. The highest BCUT2D eigenvalue weighted by molar-refractivity contribution is 6.33. The molecular weight excluding hydrogens is 492 g/mol. The summed E-state index contributed by atoms with van der Waals surface area (Å²) in [5, 5.41) is 2.12. The lowest BCUT2D eigenvalue weighted by atomic mass is 9.98. The van der Waals surface area contributed by atoms with E-state index in [0.29, 0.717) is 46.5 Å². The molecule has 1 N–H and O–H groups in total. The van der Waals surface area contributed by atoms with Crippen LogP contribution in [0.25, 0.3) is 44.3 Å². The fourth-order valence-corrected chi connectivity index (χ4v) is 5.52. The molecule has 9 heteroatoms. The van der Waals surface area contributed by atoms with Crippen LogP contribution in [-0.2, 0) is 16.5 Å². The van der Waals surface area contributed by atoms with Gasteiger partial charge in [-0.3, -0.25) is 4.79 Å². The summed E-state index contributed by atoms with van der Waals surface area (Å²) >= 11 is 6.63. The van der Waals surface area contributed by atoms with Crippen molar-refractivity contribution in [3.63, 3.8) is 0 Å². The molecule has 0 amide bonds. The summed E-state index contributed by atoms with van der Waals surface area (Å²) in [5.41, 5.74) is 4.69. The standard InChI is InChI=1S/C28H23ClN4O4/c1-33-11-9-18-17(3-2-4-19(18)27(33)34)15-5-7-16(8-6-15)24-20(29)13-21-26(31-24)32-28(30-21)37-23-14-36-22-10-12-35-25(22)23/h2-9,11,13,22-23,25H,10,12,14H2,1H3,(H,30,31,32). The average Bonchev–Trinajstić information content (AvgIpc) is 3.63. The van der Waals surface area contributed by atoms with Gasteiger partial charge in [0.2, 0.25) is 0 Å². The third-order valence-electron chi connectivity index (χ3n) is 7.18. The topological polar surface area (TPSA) is 91.3 Å². The van der Waals surface area contributed by atoms with Gasteiger partial charge in [0.15, 0.2) is 11.8 Å². The fraction of sp³-hybridized carbons (Fsp3) is 0.250. The number of pyridine rings is 2. The summed E-state index contributed by atoms with van der Waals surface area (Å²) in [6, 6.07) is 17.9. The lowest BCUT2D eigenvalue weighted by Gasteiger charge is -2.15. The van der Waals surface area contributed by atoms with E-state index in [9.17, 15) is 4.79 Å². The Labute approximate surface area is 216 Å². The average molecular weight is 515 g/mol. The molecular formula is C28H23ClN4O4. The molecule has 5 aromatic rings. The first kappa shape index (κ1) is 22.5. The molecule has 2 aromatic carbocycles. The molecule has 7 rings (SSSR count). The molecule has 2 aliphatic rings. The van der Waals surface area contributed by atoms with Gasteiger partial charge in [0.05, 0.1) is 28.9 Å². The fourth-order valence-electron chi connectivity index (χ4n) is 5.26. The lowest BCUT2D eigenvalue weighted by molar-refractivity contribution is 0.0273. The van der Waals surface area contributed by atoms with Gasteiger partial charge in [0.25, 0.3) is 11.6 Å². The van der Waals surface area contributed by atoms with Crippen LogP contribution in [0, 0.1) is 0 Å². The number of benzene rings is 2. The normalized spacial score (nSPS) is 21.1. The number of aromatic amines is 1. The number of fused-ring (bicyclic) bond motifs is 3. The number of aryl methyl sites for hydroxylation is 1. The first-order chi connectivity index (χ1) is 18.0. The third-order valence-corrected chi connectivity index (χ3v) is 7.47. The molecule has 8 nitrogen and oxygen atoms in total. The highest BCUT2D eigenvalue weighted by Crippen LogP contribution is 2.34. The molecule has 2 aliphatic heterocycles. The minimum atomic E-state index is -0.204. The van der Waals surface area contributed by atoms with Gasteiger partial charge in [-0.05, 0) is 41.1 Å². The molecule has 0 bridgehead atoms. The molecule has 5 heterocycles. The van der Waals surface area contributed by atoms with Crippen molar-refractivity contribution < 1.29 is 14.2 Å². The number of hydrogen-bond acceptors (Lipinski definition) is 6. The van der Waals surface area contributed by atoms with Crippen molar-refractivity contribution in [1.29, 1.82) is 0 Å². The number of nitrogens with one attached hydrogen (secondary N) is 1. The Bertz CT molecular complexity index is 1710. The summed E-state index contributed by atoms with van der Waals surface area (Å²) in [6.07, 6.45) is 2.51. The molecule has 0 radical (unpaired) electrons. The van der Waals surface area contributed by atoms with E-state index in [0.717, 1.165) is 28.5 Å². The Hall–Kier alpha value is -3.72. The molecule has 2 fully saturated rings. The van der Waals surface area contributed by atoms with Crippen molar-refractivity contribution in [1.82, 2.24) is 19.5 Å². The maximum atomic E-state index is 12.6. The molecule has 0 saturated carbocycles. The zero-order valence-corrected chi connectivity index (χ0v) is 20.7. The van der Waals surface area contributed by atoms with Crippen LogP contribution in [0.15, 0.2) is 65.6 Å². The van der Waals surface area contributed by atoms with E-state index in [1.54, 1.807) is 17.8 Å². The second kappa shape index (κ2) is 8.69. The molecule has 37 heavy (non-hydrogen) atoms. The van der Waals surface area contributed by atoms with Crippen LogP contribution in [0.1, 0.15) is 6.42 Å². The van der Waals surface area contributed by atoms with Crippen LogP contribution >= 0.6 is 11.6 Å². The van der Waals surface area contributed by atoms with Crippen molar-refractivity contribution in [3.8, 4) is 28.4 Å². The second-order valence-corrected chi connectivity index (χ2v) is 9.87. The molecule has 2 saturated heterocycles. The Kier molecular flexibility index (Phi) is 5.28. The smallest absolute Gasteiger partial charge is 0.296 e. The zero-order valence-electron chi connectivity index (χ0n) is 20.0. The highest BCUT2D eigenvalue weighted by Gasteiger charge is 2.43. The number of rotatable bonds is 4. The van der Waals surface area contributed by atoms with Gasteiger partial charge in [-0.1, -0.05) is 48.0 Å². The predicted octanol–water partition coefficient (Wildman–Crippen LogP) is 4.73. The number of ether oxygens (including phenoxy) is 3. The molecule has 0 spiro atoms. The van der Waals surface area contributed by atoms with Gasteiger partial charge in [-0.15, -0.1) is 0 Å².